The third-order valence-electron chi connectivity index (χ3n) is 2.98. The van der Waals surface area contributed by atoms with Gasteiger partial charge in [0.15, 0.2) is 0 Å². The Morgan fingerprint density at radius 3 is 2.87 bits per heavy atom. The molecule has 0 saturated heterocycles. The van der Waals surface area contributed by atoms with Crippen LogP contribution in [0.4, 0.5) is 5.69 Å². The zero-order valence-electron chi connectivity index (χ0n) is 8.74. The predicted octanol–water partition coefficient (Wildman–Crippen LogP) is 2.56. The molecule has 0 radical (unpaired) electrons. The number of hydrogen-bond acceptors (Lipinski definition) is 3. The lowest BCUT2D eigenvalue weighted by molar-refractivity contribution is 0.303. The van der Waals surface area contributed by atoms with Gasteiger partial charge in [-0.15, -0.1) is 0 Å². The molecule has 1 N–H and O–H groups in total. The molecule has 1 heterocycles. The fourth-order valence-electron chi connectivity index (χ4n) is 1.77. The molecule has 1 aliphatic rings. The van der Waals surface area contributed by atoms with Crippen molar-refractivity contribution in [3.63, 3.8) is 0 Å². The summed E-state index contributed by atoms with van der Waals surface area (Å²) in [5, 5.41) is 11.9. The second-order valence-corrected chi connectivity index (χ2v) is 4.06. The smallest absolute Gasteiger partial charge is 0.140 e. The minimum Gasteiger partial charge on any atom is -0.384 e. The third-order valence-corrected chi connectivity index (χ3v) is 2.98. The van der Waals surface area contributed by atoms with Gasteiger partial charge in [-0.05, 0) is 24.5 Å². The fourth-order valence-corrected chi connectivity index (χ4v) is 1.77. The monoisotopic (exact) mass is 201 g/mol. The van der Waals surface area contributed by atoms with Crippen LogP contribution in [0.5, 0.6) is 0 Å². The summed E-state index contributed by atoms with van der Waals surface area (Å²) in [6.45, 7) is 1.01. The number of nitrogens with one attached hydrogen (secondary N) is 1. The van der Waals surface area contributed by atoms with Gasteiger partial charge in [0.05, 0.1) is 11.9 Å². The highest BCUT2D eigenvalue weighted by Gasteiger charge is 2.16. The van der Waals surface area contributed by atoms with E-state index in [0.717, 1.165) is 18.2 Å². The number of hydrogen-bond donors (Lipinski definition) is 1. The van der Waals surface area contributed by atoms with E-state index >= 15 is 0 Å². The molecule has 0 bridgehead atoms. The molecule has 0 aliphatic heterocycles. The summed E-state index contributed by atoms with van der Waals surface area (Å²) >= 11 is 0. The van der Waals surface area contributed by atoms with Crippen molar-refractivity contribution in [2.75, 3.05) is 11.9 Å². The topological polar surface area (TPSA) is 48.7 Å². The second-order valence-electron chi connectivity index (χ2n) is 4.06. The fraction of sp³-hybridized carbons (Fsp3) is 0.500. The lowest BCUT2D eigenvalue weighted by atomic mass is 9.83. The Bertz CT molecular complexity index is 346. The molecule has 0 spiro atoms. The van der Waals surface area contributed by atoms with Crippen LogP contribution in [0, 0.1) is 17.2 Å². The van der Waals surface area contributed by atoms with Crippen molar-refractivity contribution < 1.29 is 0 Å². The van der Waals surface area contributed by atoms with E-state index in [1.54, 1.807) is 12.3 Å². The Hall–Kier alpha value is -1.56. The Morgan fingerprint density at radius 2 is 2.33 bits per heavy atom. The number of anilines is 1. The highest BCUT2D eigenvalue weighted by molar-refractivity contribution is 5.42. The van der Waals surface area contributed by atoms with Gasteiger partial charge in [0.1, 0.15) is 11.8 Å². The first-order valence-corrected chi connectivity index (χ1v) is 5.48. The van der Waals surface area contributed by atoms with Crippen LogP contribution in [0.25, 0.3) is 0 Å². The van der Waals surface area contributed by atoms with Crippen molar-refractivity contribution in [3.05, 3.63) is 24.0 Å². The van der Waals surface area contributed by atoms with Gasteiger partial charge >= 0.3 is 0 Å². The minimum atomic E-state index is 0.472. The Kier molecular flexibility index (Phi) is 3.18. The molecule has 1 aromatic rings. The van der Waals surface area contributed by atoms with E-state index in [4.69, 9.17) is 5.26 Å². The molecule has 1 aliphatic carbocycles. The average Bonchev–Trinajstić information content (AvgIpc) is 2.23. The second kappa shape index (κ2) is 4.79. The zero-order valence-corrected chi connectivity index (χ0v) is 8.74. The van der Waals surface area contributed by atoms with Crippen LogP contribution in [0.2, 0.25) is 0 Å². The molecular formula is C12H15N3. The van der Waals surface area contributed by atoms with Crippen molar-refractivity contribution in [2.45, 2.75) is 25.7 Å². The van der Waals surface area contributed by atoms with Crippen LogP contribution >= 0.6 is 0 Å². The molecule has 3 heteroatoms. The Morgan fingerprint density at radius 1 is 1.47 bits per heavy atom. The standard InChI is InChI=1S/C12H15N3/c13-8-11-4-5-12(9-15-11)14-7-6-10-2-1-3-10/h4-5,9-10,14H,1-3,6-7H2. The van der Waals surface area contributed by atoms with Gasteiger partial charge in [-0.2, -0.15) is 5.26 Å². The third kappa shape index (κ3) is 2.69. The summed E-state index contributed by atoms with van der Waals surface area (Å²) in [4.78, 5) is 4.01. The van der Waals surface area contributed by atoms with Crippen LogP contribution in [-0.4, -0.2) is 11.5 Å². The first-order chi connectivity index (χ1) is 7.38. The summed E-state index contributed by atoms with van der Waals surface area (Å²) in [5.41, 5.74) is 1.48. The van der Waals surface area contributed by atoms with Crippen LogP contribution in [0.3, 0.4) is 0 Å². The maximum Gasteiger partial charge on any atom is 0.140 e. The van der Waals surface area contributed by atoms with Gasteiger partial charge in [0, 0.05) is 6.54 Å². The normalized spacial score (nSPS) is 15.4. The SMILES string of the molecule is N#Cc1ccc(NCCC2CCC2)cn1. The van der Waals surface area contributed by atoms with Gasteiger partial charge in [-0.25, -0.2) is 4.98 Å². The van der Waals surface area contributed by atoms with Crippen LogP contribution < -0.4 is 5.32 Å². The Balaban J connectivity index is 1.75. The van der Waals surface area contributed by atoms with E-state index in [2.05, 4.69) is 10.3 Å². The summed E-state index contributed by atoms with van der Waals surface area (Å²) in [6.07, 6.45) is 7.17. The number of nitrogens with zero attached hydrogens (tertiary/aromatic N) is 2. The zero-order chi connectivity index (χ0) is 10.5. The minimum absolute atomic E-state index is 0.472. The molecular weight excluding hydrogens is 186 g/mol. The Labute approximate surface area is 90.1 Å². The summed E-state index contributed by atoms with van der Waals surface area (Å²) in [5.74, 6) is 0.934. The molecule has 0 unspecified atom stereocenters. The van der Waals surface area contributed by atoms with Crippen molar-refractivity contribution in [2.24, 2.45) is 5.92 Å². The molecule has 0 aromatic carbocycles. The summed E-state index contributed by atoms with van der Waals surface area (Å²) < 4.78 is 0. The molecule has 1 aromatic heterocycles. The van der Waals surface area contributed by atoms with E-state index in [1.165, 1.54) is 25.7 Å². The van der Waals surface area contributed by atoms with Gasteiger partial charge in [0.2, 0.25) is 0 Å². The van der Waals surface area contributed by atoms with E-state index in [-0.39, 0.29) is 0 Å². The molecule has 78 valence electrons. The predicted molar refractivity (Wildman–Crippen MR) is 59.4 cm³/mol. The average molecular weight is 201 g/mol. The first-order valence-electron chi connectivity index (χ1n) is 5.48. The van der Waals surface area contributed by atoms with Crippen LogP contribution in [0.1, 0.15) is 31.4 Å². The van der Waals surface area contributed by atoms with E-state index in [9.17, 15) is 0 Å². The first kappa shape index (κ1) is 9.97. The van der Waals surface area contributed by atoms with Gasteiger partial charge in [-0.1, -0.05) is 19.3 Å². The lowest BCUT2D eigenvalue weighted by Crippen LogP contribution is -2.15. The molecule has 2 rings (SSSR count). The summed E-state index contributed by atoms with van der Waals surface area (Å²) in [6, 6.07) is 5.66. The van der Waals surface area contributed by atoms with Crippen molar-refractivity contribution in [3.8, 4) is 6.07 Å². The maximum atomic E-state index is 8.58. The molecule has 1 fully saturated rings. The number of aromatic nitrogens is 1. The van der Waals surface area contributed by atoms with E-state index in [0.29, 0.717) is 5.69 Å². The summed E-state index contributed by atoms with van der Waals surface area (Å²) in [7, 11) is 0. The van der Waals surface area contributed by atoms with Gasteiger partial charge in [-0.3, -0.25) is 0 Å². The molecule has 1 saturated carbocycles. The van der Waals surface area contributed by atoms with Gasteiger partial charge in [0.25, 0.3) is 0 Å². The molecule has 0 amide bonds. The lowest BCUT2D eigenvalue weighted by Gasteiger charge is -2.25. The highest BCUT2D eigenvalue weighted by atomic mass is 14.9. The number of pyridine rings is 1. The van der Waals surface area contributed by atoms with E-state index in [1.807, 2.05) is 12.1 Å². The van der Waals surface area contributed by atoms with Crippen molar-refractivity contribution >= 4 is 5.69 Å². The van der Waals surface area contributed by atoms with Crippen molar-refractivity contribution in [1.29, 1.82) is 5.26 Å². The van der Waals surface area contributed by atoms with E-state index < -0.39 is 0 Å². The number of nitriles is 1. The number of rotatable bonds is 4. The molecule has 0 atom stereocenters. The molecule has 15 heavy (non-hydrogen) atoms. The molecule has 3 nitrogen and oxygen atoms in total. The highest BCUT2D eigenvalue weighted by Crippen LogP contribution is 2.29. The largest absolute Gasteiger partial charge is 0.384 e. The van der Waals surface area contributed by atoms with Crippen LogP contribution in [0.15, 0.2) is 18.3 Å². The van der Waals surface area contributed by atoms with Crippen molar-refractivity contribution in [1.82, 2.24) is 4.98 Å². The van der Waals surface area contributed by atoms with Gasteiger partial charge < -0.3 is 5.32 Å². The quantitative estimate of drug-likeness (QED) is 0.814. The van der Waals surface area contributed by atoms with Crippen LogP contribution in [-0.2, 0) is 0 Å². The maximum absolute atomic E-state index is 8.58.